The predicted molar refractivity (Wildman–Crippen MR) is 249 cm³/mol. The number of benzene rings is 8. The molecule has 1 heterocycles. The molecule has 280 valence electrons. The highest BCUT2D eigenvalue weighted by Crippen LogP contribution is 2.51. The van der Waals surface area contributed by atoms with E-state index < -0.39 is 0 Å². The van der Waals surface area contributed by atoms with Crippen molar-refractivity contribution in [3.05, 3.63) is 233 Å². The standard InChI is InChI=1S/C56H42BNO/c1-37-18-16-19-38(2)56(37)58(41-24-10-5-11-25-41)42-32-33-46-50-35-48-44-27-12-13-28-45(44)52(36-49(48)47-29-17-31-53(55(47)50)59-54(46)34-42)57(40-22-8-4-9-23-40)51-30-15-14-26-43(51)39-20-6-3-7-21-39/h3-36,50,55H,1-2H3. The molecule has 11 rings (SSSR count). The first-order valence-electron chi connectivity index (χ1n) is 20.7. The van der Waals surface area contributed by atoms with Crippen LogP contribution in [0.25, 0.3) is 33.5 Å². The highest BCUT2D eigenvalue weighted by atomic mass is 16.5. The molecule has 8 aromatic carbocycles. The molecule has 0 fully saturated rings. The average molecular weight is 756 g/mol. The van der Waals surface area contributed by atoms with Crippen LogP contribution in [0.2, 0.25) is 0 Å². The third-order valence-corrected chi connectivity index (χ3v) is 12.6. The van der Waals surface area contributed by atoms with Crippen LogP contribution in [0.5, 0.6) is 5.75 Å². The van der Waals surface area contributed by atoms with Crippen LogP contribution in [0.4, 0.5) is 17.1 Å². The van der Waals surface area contributed by atoms with Crippen LogP contribution in [0.1, 0.15) is 22.6 Å². The molecule has 0 saturated carbocycles. The number of fused-ring (bicyclic) bond motifs is 5. The quantitative estimate of drug-likeness (QED) is 0.150. The maximum Gasteiger partial charge on any atom is 0.242 e. The Labute approximate surface area is 346 Å². The van der Waals surface area contributed by atoms with Gasteiger partial charge in [-0.2, -0.15) is 0 Å². The number of aryl methyl sites for hydroxylation is 2. The first kappa shape index (κ1) is 35.1. The van der Waals surface area contributed by atoms with Crippen LogP contribution in [-0.4, -0.2) is 6.71 Å². The Kier molecular flexibility index (Phi) is 8.55. The molecule has 2 unspecified atom stereocenters. The van der Waals surface area contributed by atoms with Crippen molar-refractivity contribution in [3.8, 4) is 16.9 Å². The van der Waals surface area contributed by atoms with Gasteiger partial charge in [0.1, 0.15) is 11.5 Å². The molecule has 0 spiro atoms. The second kappa shape index (κ2) is 14.4. The van der Waals surface area contributed by atoms with Crippen LogP contribution in [-0.2, 0) is 0 Å². The minimum absolute atomic E-state index is 0.00918. The van der Waals surface area contributed by atoms with Crippen molar-refractivity contribution in [2.75, 3.05) is 4.90 Å². The lowest BCUT2D eigenvalue weighted by atomic mass is 9.35. The third kappa shape index (κ3) is 5.88. The first-order chi connectivity index (χ1) is 29.1. The fourth-order valence-corrected chi connectivity index (χ4v) is 10.1. The lowest BCUT2D eigenvalue weighted by Gasteiger charge is -2.39. The topological polar surface area (TPSA) is 12.5 Å². The largest absolute Gasteiger partial charge is 0.461 e. The molecule has 0 N–H and O–H groups in total. The zero-order valence-electron chi connectivity index (χ0n) is 33.2. The minimum atomic E-state index is 0.00918. The summed E-state index contributed by atoms with van der Waals surface area (Å²) in [6.45, 7) is 4.40. The monoisotopic (exact) mass is 755 g/mol. The molecule has 3 heteroatoms. The maximum atomic E-state index is 7.02. The normalized spacial score (nSPS) is 15.9. The second-order valence-electron chi connectivity index (χ2n) is 16.1. The lowest BCUT2D eigenvalue weighted by molar-refractivity contribution is 0.335. The van der Waals surface area contributed by atoms with E-state index in [1.807, 2.05) is 0 Å². The summed E-state index contributed by atoms with van der Waals surface area (Å²) < 4.78 is 7.02. The van der Waals surface area contributed by atoms with E-state index in [-0.39, 0.29) is 18.5 Å². The molecular formula is C56H42BNO. The SMILES string of the molecule is Cc1cccc(C)c1N(c1ccccc1)c1ccc2c(c1)OC1=CC=CC3=c4cc(B(c5ccccc5)c5ccccc5-c5ccccc5)c5ccccc5c4=CC2C13. The number of anilines is 3. The smallest absolute Gasteiger partial charge is 0.242 e. The van der Waals surface area contributed by atoms with Crippen molar-refractivity contribution >= 4 is 62.6 Å². The number of nitrogens with zero attached hydrogens (tertiary/aromatic N) is 1. The zero-order valence-corrected chi connectivity index (χ0v) is 33.2. The highest BCUT2D eigenvalue weighted by molar-refractivity contribution is 6.97. The van der Waals surface area contributed by atoms with Gasteiger partial charge in [-0.3, -0.25) is 0 Å². The Balaban J connectivity index is 1.12. The van der Waals surface area contributed by atoms with Gasteiger partial charge >= 0.3 is 0 Å². The van der Waals surface area contributed by atoms with Crippen LogP contribution in [0, 0.1) is 19.8 Å². The summed E-state index contributed by atoms with van der Waals surface area (Å²) >= 11 is 0. The number of hydrogen-bond donors (Lipinski definition) is 0. The van der Waals surface area contributed by atoms with E-state index in [0.717, 1.165) is 22.9 Å². The van der Waals surface area contributed by atoms with Gasteiger partial charge in [-0.1, -0.05) is 192 Å². The summed E-state index contributed by atoms with van der Waals surface area (Å²) in [5, 5.41) is 5.15. The molecule has 2 aliphatic carbocycles. The Morgan fingerprint density at radius 3 is 2.03 bits per heavy atom. The van der Waals surface area contributed by atoms with Gasteiger partial charge in [-0.15, -0.1) is 0 Å². The van der Waals surface area contributed by atoms with E-state index in [9.17, 15) is 0 Å². The number of allylic oxidation sites excluding steroid dienone is 4. The summed E-state index contributed by atoms with van der Waals surface area (Å²) in [5.41, 5.74) is 14.8. The van der Waals surface area contributed by atoms with Crippen molar-refractivity contribution in [2.24, 2.45) is 5.92 Å². The van der Waals surface area contributed by atoms with E-state index in [0.29, 0.717) is 0 Å². The zero-order chi connectivity index (χ0) is 39.5. The lowest BCUT2D eigenvalue weighted by Crippen LogP contribution is -2.55. The van der Waals surface area contributed by atoms with Crippen molar-refractivity contribution in [1.82, 2.24) is 0 Å². The highest BCUT2D eigenvalue weighted by Gasteiger charge is 2.39. The Hall–Kier alpha value is -7.10. The van der Waals surface area contributed by atoms with Crippen LogP contribution < -0.4 is 36.5 Å². The third-order valence-electron chi connectivity index (χ3n) is 12.6. The molecule has 0 aromatic heterocycles. The summed E-state index contributed by atoms with van der Waals surface area (Å²) in [7, 11) is 0. The van der Waals surface area contributed by atoms with Gasteiger partial charge in [-0.25, -0.2) is 0 Å². The van der Waals surface area contributed by atoms with E-state index in [2.05, 4.69) is 225 Å². The fourth-order valence-electron chi connectivity index (χ4n) is 10.1. The van der Waals surface area contributed by atoms with Gasteiger partial charge in [0.15, 0.2) is 0 Å². The Bertz CT molecular complexity index is 3090. The number of para-hydroxylation sites is 2. The summed E-state index contributed by atoms with van der Waals surface area (Å²) in [4.78, 5) is 2.38. The van der Waals surface area contributed by atoms with Crippen molar-refractivity contribution in [1.29, 1.82) is 0 Å². The predicted octanol–water partition coefficient (Wildman–Crippen LogP) is 10.3. The first-order valence-corrected chi connectivity index (χ1v) is 20.7. The van der Waals surface area contributed by atoms with Crippen LogP contribution in [0.3, 0.4) is 0 Å². The van der Waals surface area contributed by atoms with Crippen LogP contribution >= 0.6 is 0 Å². The van der Waals surface area contributed by atoms with Crippen LogP contribution in [0.15, 0.2) is 206 Å². The van der Waals surface area contributed by atoms with Gasteiger partial charge in [0.2, 0.25) is 6.71 Å². The number of rotatable bonds is 7. The molecule has 0 saturated heterocycles. The molecule has 3 aliphatic rings. The van der Waals surface area contributed by atoms with E-state index >= 15 is 0 Å². The Morgan fingerprint density at radius 2 is 1.25 bits per heavy atom. The molecule has 0 amide bonds. The molecule has 0 bridgehead atoms. The van der Waals surface area contributed by atoms with Gasteiger partial charge in [0.05, 0.1) is 11.6 Å². The molecule has 8 aromatic rings. The van der Waals surface area contributed by atoms with Gasteiger partial charge < -0.3 is 9.64 Å². The number of hydrogen-bond acceptors (Lipinski definition) is 2. The minimum Gasteiger partial charge on any atom is -0.461 e. The molecule has 2 atom stereocenters. The molecule has 1 aliphatic heterocycles. The summed E-state index contributed by atoms with van der Waals surface area (Å²) in [6.07, 6.45) is 9.24. The van der Waals surface area contributed by atoms with Gasteiger partial charge in [0, 0.05) is 28.9 Å². The van der Waals surface area contributed by atoms with E-state index in [1.54, 1.807) is 0 Å². The van der Waals surface area contributed by atoms with Crippen molar-refractivity contribution in [3.63, 3.8) is 0 Å². The molecule has 2 nitrogen and oxygen atoms in total. The average Bonchev–Trinajstić information content (AvgIpc) is 3.29. The summed E-state index contributed by atoms with van der Waals surface area (Å²) in [6, 6.07) is 66.4. The Morgan fingerprint density at radius 1 is 0.576 bits per heavy atom. The molecular weight excluding hydrogens is 713 g/mol. The second-order valence-corrected chi connectivity index (χ2v) is 16.1. The maximum absolute atomic E-state index is 7.02. The molecule has 0 radical (unpaired) electrons. The van der Waals surface area contributed by atoms with Crippen molar-refractivity contribution in [2.45, 2.75) is 19.8 Å². The van der Waals surface area contributed by atoms with E-state index in [1.165, 1.54) is 76.7 Å². The van der Waals surface area contributed by atoms with Gasteiger partial charge in [-0.05, 0) is 87.2 Å². The molecule has 59 heavy (non-hydrogen) atoms. The fraction of sp³-hybridized carbons (Fsp3) is 0.0714. The van der Waals surface area contributed by atoms with E-state index in [4.69, 9.17) is 4.74 Å². The summed E-state index contributed by atoms with van der Waals surface area (Å²) in [5.74, 6) is 2.12. The van der Waals surface area contributed by atoms with Gasteiger partial charge in [0.25, 0.3) is 0 Å². The van der Waals surface area contributed by atoms with Crippen molar-refractivity contribution < 1.29 is 4.74 Å². The number of ether oxygens (including phenoxy) is 1.